The fourth-order valence-electron chi connectivity index (χ4n) is 8.99. The number of allylic oxidation sites excluding steroid dienone is 24. The minimum Gasteiger partial charge on any atom is -0.462 e. The molecule has 0 aliphatic carbocycles. The first-order valence-electron chi connectivity index (χ1n) is 33.8. The summed E-state index contributed by atoms with van der Waals surface area (Å²) in [6.07, 6.45) is 98.5. The molecule has 1 atom stereocenters. The molecule has 0 rings (SSSR count). The lowest BCUT2D eigenvalue weighted by Crippen LogP contribution is -2.30. The van der Waals surface area contributed by atoms with Gasteiger partial charge in [-0.2, -0.15) is 0 Å². The van der Waals surface area contributed by atoms with E-state index in [0.717, 1.165) is 161 Å². The minimum absolute atomic E-state index is 0.0984. The topological polar surface area (TPSA) is 78.9 Å². The number of ether oxygens (including phenoxy) is 3. The third-order valence-corrected chi connectivity index (χ3v) is 14.0. The number of unbranched alkanes of at least 4 members (excludes halogenated alkanes) is 25. The molecule has 6 heteroatoms. The van der Waals surface area contributed by atoms with Crippen LogP contribution in [0.25, 0.3) is 0 Å². The van der Waals surface area contributed by atoms with E-state index in [0.29, 0.717) is 19.3 Å². The van der Waals surface area contributed by atoms with Gasteiger partial charge in [-0.25, -0.2) is 0 Å². The SMILES string of the molecule is CC/C=C\C/C=C\C/C=C\C/C=C\C/C=C\C/C=C\C/C=C\CCCCCCCCCC(=O)OCC(COC(=O)CCCCCCC/C=C\C/C=C\CCCCCC)OC(=O)CCCCCCCC/C=C\C/C=C\C/C=C\CCCCC. The van der Waals surface area contributed by atoms with Crippen LogP contribution in [-0.4, -0.2) is 37.2 Å². The standard InChI is InChI=1S/C76H124O6/c1-4-7-10-13-16-19-22-25-28-31-33-34-35-36-37-38-39-40-41-42-44-45-48-51-54-57-60-63-66-69-75(78)81-72-73(71-80-74(77)68-65-62-59-56-53-50-47-30-27-24-21-18-15-12-9-6-3)82-76(79)70-67-64-61-58-55-52-49-46-43-32-29-26-23-20-17-14-11-8-5-2/h7,10,16-17,19-21,24-26,28-30,33-34,36-37,39-40,42-44,46-47,73H,4-6,8-9,11-15,18,22-23,27,31-32,35,38,41,45,48-72H2,1-3H3/b10-7-,19-16-,20-17-,24-21-,28-25-,29-26-,34-33-,37-36-,40-39-,44-42-,46-43-,47-30-. The second kappa shape index (κ2) is 68.8. The molecule has 0 N–H and O–H groups in total. The predicted molar refractivity (Wildman–Crippen MR) is 357 cm³/mol. The molecule has 0 aromatic carbocycles. The van der Waals surface area contributed by atoms with Gasteiger partial charge in [0.1, 0.15) is 13.2 Å². The first-order chi connectivity index (χ1) is 40.5. The third kappa shape index (κ3) is 66.1. The van der Waals surface area contributed by atoms with Crippen molar-refractivity contribution >= 4 is 17.9 Å². The Morgan fingerprint density at radius 2 is 0.476 bits per heavy atom. The molecule has 0 fully saturated rings. The van der Waals surface area contributed by atoms with Crippen LogP contribution in [-0.2, 0) is 28.6 Å². The maximum Gasteiger partial charge on any atom is 0.306 e. The summed E-state index contributed by atoms with van der Waals surface area (Å²) in [5, 5.41) is 0. The number of carbonyl (C=O) groups excluding carboxylic acids is 3. The van der Waals surface area contributed by atoms with Crippen LogP contribution in [0.2, 0.25) is 0 Å². The zero-order chi connectivity index (χ0) is 59.2. The van der Waals surface area contributed by atoms with Gasteiger partial charge in [0.15, 0.2) is 6.10 Å². The highest BCUT2D eigenvalue weighted by atomic mass is 16.6. The molecule has 0 spiro atoms. The maximum atomic E-state index is 12.9. The van der Waals surface area contributed by atoms with E-state index in [1.54, 1.807) is 0 Å². The lowest BCUT2D eigenvalue weighted by atomic mass is 10.1. The second-order valence-electron chi connectivity index (χ2n) is 22.0. The summed E-state index contributed by atoms with van der Waals surface area (Å²) >= 11 is 0. The number of carbonyl (C=O) groups is 3. The average Bonchev–Trinajstić information content (AvgIpc) is 3.47. The molecule has 0 saturated carbocycles. The van der Waals surface area contributed by atoms with E-state index >= 15 is 0 Å². The van der Waals surface area contributed by atoms with Gasteiger partial charge >= 0.3 is 17.9 Å². The van der Waals surface area contributed by atoms with Gasteiger partial charge in [-0.1, -0.05) is 276 Å². The van der Waals surface area contributed by atoms with Crippen LogP contribution in [0.1, 0.15) is 297 Å². The van der Waals surface area contributed by atoms with Crippen LogP contribution in [0.4, 0.5) is 0 Å². The first-order valence-corrected chi connectivity index (χ1v) is 33.8. The van der Waals surface area contributed by atoms with E-state index < -0.39 is 6.10 Å². The lowest BCUT2D eigenvalue weighted by molar-refractivity contribution is -0.167. The minimum atomic E-state index is -0.804. The van der Waals surface area contributed by atoms with Crippen LogP contribution in [0.15, 0.2) is 146 Å². The molecule has 0 aromatic heterocycles. The Kier molecular flexibility index (Phi) is 64.8. The van der Waals surface area contributed by atoms with Crippen molar-refractivity contribution < 1.29 is 28.6 Å². The van der Waals surface area contributed by atoms with Gasteiger partial charge in [0.25, 0.3) is 0 Å². The fourth-order valence-corrected chi connectivity index (χ4v) is 8.99. The van der Waals surface area contributed by atoms with Crippen molar-refractivity contribution in [1.29, 1.82) is 0 Å². The highest BCUT2D eigenvalue weighted by molar-refractivity contribution is 5.71. The smallest absolute Gasteiger partial charge is 0.306 e. The monoisotopic (exact) mass is 1130 g/mol. The van der Waals surface area contributed by atoms with Gasteiger partial charge in [0.05, 0.1) is 0 Å². The molecular weight excluding hydrogens is 1010 g/mol. The summed E-state index contributed by atoms with van der Waals surface area (Å²) in [5.74, 6) is -0.932. The molecule has 0 aliphatic rings. The number of hydrogen-bond acceptors (Lipinski definition) is 6. The summed E-state index contributed by atoms with van der Waals surface area (Å²) in [5.41, 5.74) is 0. The average molecular weight is 1130 g/mol. The Labute approximate surface area is 506 Å². The normalized spacial score (nSPS) is 13.1. The Bertz CT molecular complexity index is 1780. The molecule has 0 saturated heterocycles. The van der Waals surface area contributed by atoms with Crippen molar-refractivity contribution in [2.75, 3.05) is 13.2 Å². The molecule has 0 bridgehead atoms. The Morgan fingerprint density at radius 1 is 0.256 bits per heavy atom. The van der Waals surface area contributed by atoms with Gasteiger partial charge in [0, 0.05) is 19.3 Å². The van der Waals surface area contributed by atoms with Crippen LogP contribution in [0, 0.1) is 0 Å². The van der Waals surface area contributed by atoms with E-state index in [9.17, 15) is 14.4 Å². The first kappa shape index (κ1) is 77.3. The summed E-state index contributed by atoms with van der Waals surface area (Å²) < 4.78 is 16.9. The highest BCUT2D eigenvalue weighted by Crippen LogP contribution is 2.15. The van der Waals surface area contributed by atoms with Crippen LogP contribution < -0.4 is 0 Å². The third-order valence-electron chi connectivity index (χ3n) is 14.0. The summed E-state index contributed by atoms with van der Waals surface area (Å²) in [6.45, 7) is 6.46. The molecule has 0 heterocycles. The van der Waals surface area contributed by atoms with E-state index in [1.807, 2.05) is 0 Å². The van der Waals surface area contributed by atoms with Crippen molar-refractivity contribution in [2.24, 2.45) is 0 Å². The van der Waals surface area contributed by atoms with Gasteiger partial charge in [-0.05, 0) is 148 Å². The molecule has 0 aliphatic heterocycles. The number of hydrogen-bond donors (Lipinski definition) is 0. The van der Waals surface area contributed by atoms with E-state index in [-0.39, 0.29) is 31.1 Å². The van der Waals surface area contributed by atoms with Crippen molar-refractivity contribution in [3.05, 3.63) is 146 Å². The Morgan fingerprint density at radius 3 is 0.768 bits per heavy atom. The van der Waals surface area contributed by atoms with E-state index in [1.165, 1.54) is 96.3 Å². The lowest BCUT2D eigenvalue weighted by Gasteiger charge is -2.18. The molecule has 0 radical (unpaired) electrons. The fraction of sp³-hybridized carbons (Fsp3) is 0.645. The van der Waals surface area contributed by atoms with Gasteiger partial charge in [-0.15, -0.1) is 0 Å². The molecule has 6 nitrogen and oxygen atoms in total. The van der Waals surface area contributed by atoms with Gasteiger partial charge < -0.3 is 14.2 Å². The van der Waals surface area contributed by atoms with Crippen LogP contribution in [0.5, 0.6) is 0 Å². The van der Waals surface area contributed by atoms with Crippen molar-refractivity contribution in [1.82, 2.24) is 0 Å². The van der Waals surface area contributed by atoms with E-state index in [4.69, 9.17) is 14.2 Å². The van der Waals surface area contributed by atoms with Crippen molar-refractivity contribution in [3.8, 4) is 0 Å². The summed E-state index contributed by atoms with van der Waals surface area (Å²) in [7, 11) is 0. The van der Waals surface area contributed by atoms with Crippen LogP contribution >= 0.6 is 0 Å². The van der Waals surface area contributed by atoms with Gasteiger partial charge in [0.2, 0.25) is 0 Å². The molecule has 0 amide bonds. The van der Waals surface area contributed by atoms with Crippen molar-refractivity contribution in [2.45, 2.75) is 303 Å². The quantitative estimate of drug-likeness (QED) is 0.0261. The number of esters is 3. The second-order valence-corrected chi connectivity index (χ2v) is 22.0. The zero-order valence-electron chi connectivity index (χ0n) is 53.2. The maximum absolute atomic E-state index is 12.9. The molecule has 1 unspecified atom stereocenters. The molecule has 0 aromatic rings. The summed E-state index contributed by atoms with van der Waals surface area (Å²) in [6, 6.07) is 0. The summed E-state index contributed by atoms with van der Waals surface area (Å²) in [4.78, 5) is 38.4. The molecule has 82 heavy (non-hydrogen) atoms. The Hall–Kier alpha value is -4.71. The van der Waals surface area contributed by atoms with Crippen LogP contribution in [0.3, 0.4) is 0 Å². The highest BCUT2D eigenvalue weighted by Gasteiger charge is 2.19. The predicted octanol–water partition coefficient (Wildman–Crippen LogP) is 23.5. The number of rotatable bonds is 60. The zero-order valence-corrected chi connectivity index (χ0v) is 53.2. The largest absolute Gasteiger partial charge is 0.462 e. The molecular formula is C76H124O6. The molecule has 464 valence electrons. The Balaban J connectivity index is 4.43. The van der Waals surface area contributed by atoms with Gasteiger partial charge in [-0.3, -0.25) is 14.4 Å². The van der Waals surface area contributed by atoms with Crippen molar-refractivity contribution in [3.63, 3.8) is 0 Å². The van der Waals surface area contributed by atoms with E-state index in [2.05, 4.69) is 167 Å².